The van der Waals surface area contributed by atoms with Crippen molar-refractivity contribution in [2.24, 2.45) is 5.14 Å². The average Bonchev–Trinajstić information content (AvgIpc) is 3.39. The quantitative estimate of drug-likeness (QED) is 0.500. The maximum atomic E-state index is 14.4. The van der Waals surface area contributed by atoms with Gasteiger partial charge in [0.15, 0.2) is 17.5 Å². The second-order valence-electron chi connectivity index (χ2n) is 7.17. The Morgan fingerprint density at radius 1 is 1.21 bits per heavy atom. The standard InChI is InChI=1S/C22H22FNO2.CH5NS/c1-15-6-4-9-17(12-15)19-10-5-11-20(23)21(19)25-13-18-14-26-22(24-18)16-7-2-3-8-16;1-3-2/h4-6,9-12,14,16H,2-3,7-8,13H2,1H3;2H2,1H3. The Bertz CT molecular complexity index is 923. The number of rotatable bonds is 5. The first-order chi connectivity index (χ1) is 14.1. The van der Waals surface area contributed by atoms with Gasteiger partial charge < -0.3 is 9.15 Å². The number of aromatic nitrogens is 1. The predicted octanol–water partition coefficient (Wildman–Crippen LogP) is 6.25. The molecule has 1 aliphatic carbocycles. The number of nitrogens with two attached hydrogens (primary N) is 1. The first-order valence-corrected chi connectivity index (χ1v) is 11.1. The van der Waals surface area contributed by atoms with Crippen LogP contribution in [0.15, 0.2) is 53.1 Å². The summed E-state index contributed by atoms with van der Waals surface area (Å²) in [6, 6.07) is 13.0. The molecule has 29 heavy (non-hydrogen) atoms. The van der Waals surface area contributed by atoms with Crippen molar-refractivity contribution < 1.29 is 13.5 Å². The Labute approximate surface area is 175 Å². The maximum absolute atomic E-state index is 14.4. The summed E-state index contributed by atoms with van der Waals surface area (Å²) < 4.78 is 25.9. The van der Waals surface area contributed by atoms with Crippen LogP contribution in [-0.2, 0) is 6.61 Å². The number of halogens is 1. The normalized spacial score (nSPS) is 13.8. The molecule has 6 heteroatoms. The predicted molar refractivity (Wildman–Crippen MR) is 116 cm³/mol. The second-order valence-corrected chi connectivity index (χ2v) is 7.64. The molecule has 2 N–H and O–H groups in total. The minimum atomic E-state index is -0.372. The van der Waals surface area contributed by atoms with Crippen molar-refractivity contribution >= 4 is 11.9 Å². The molecule has 2 aromatic carbocycles. The van der Waals surface area contributed by atoms with E-state index in [9.17, 15) is 4.39 Å². The Morgan fingerprint density at radius 2 is 1.93 bits per heavy atom. The molecule has 0 radical (unpaired) electrons. The lowest BCUT2D eigenvalue weighted by molar-refractivity contribution is 0.287. The van der Waals surface area contributed by atoms with Crippen molar-refractivity contribution in [1.29, 1.82) is 0 Å². The summed E-state index contributed by atoms with van der Waals surface area (Å²) in [6.45, 7) is 2.21. The van der Waals surface area contributed by atoms with Gasteiger partial charge in [-0.3, -0.25) is 5.14 Å². The molecule has 1 aliphatic rings. The van der Waals surface area contributed by atoms with Gasteiger partial charge in [0.2, 0.25) is 0 Å². The molecule has 0 unspecified atom stereocenters. The average molecular weight is 415 g/mol. The Balaban J connectivity index is 0.000000755. The van der Waals surface area contributed by atoms with Gasteiger partial charge in [-0.15, -0.1) is 0 Å². The van der Waals surface area contributed by atoms with Gasteiger partial charge in [0, 0.05) is 11.5 Å². The Kier molecular flexibility index (Phi) is 7.72. The van der Waals surface area contributed by atoms with E-state index in [2.05, 4.69) is 4.98 Å². The topological polar surface area (TPSA) is 61.3 Å². The van der Waals surface area contributed by atoms with E-state index in [0.717, 1.165) is 35.4 Å². The highest BCUT2D eigenvalue weighted by atomic mass is 32.2. The summed E-state index contributed by atoms with van der Waals surface area (Å²) in [6.07, 6.45) is 8.17. The second kappa shape index (κ2) is 10.5. The number of para-hydroxylation sites is 1. The van der Waals surface area contributed by atoms with Crippen LogP contribution < -0.4 is 9.88 Å². The Morgan fingerprint density at radius 3 is 2.66 bits per heavy atom. The fraction of sp³-hybridized carbons (Fsp3) is 0.348. The zero-order valence-corrected chi connectivity index (χ0v) is 17.7. The van der Waals surface area contributed by atoms with Crippen LogP contribution in [0.25, 0.3) is 11.1 Å². The fourth-order valence-electron chi connectivity index (χ4n) is 3.59. The summed E-state index contributed by atoms with van der Waals surface area (Å²) in [5.74, 6) is 1.08. The van der Waals surface area contributed by atoms with Crippen molar-refractivity contribution in [3.63, 3.8) is 0 Å². The lowest BCUT2D eigenvalue weighted by Gasteiger charge is -2.12. The molecule has 3 aromatic rings. The summed E-state index contributed by atoms with van der Waals surface area (Å²) in [5, 5.41) is 4.76. The van der Waals surface area contributed by atoms with Crippen LogP contribution in [0.1, 0.15) is 48.7 Å². The zero-order valence-electron chi connectivity index (χ0n) is 16.9. The summed E-state index contributed by atoms with van der Waals surface area (Å²) >= 11 is 1.25. The van der Waals surface area contributed by atoms with E-state index < -0.39 is 0 Å². The SMILES string of the molecule is CSN.Cc1cccc(-c2cccc(F)c2OCc2coc(C3CCCC3)n2)c1. The van der Waals surface area contributed by atoms with E-state index in [0.29, 0.717) is 11.6 Å². The molecule has 0 aliphatic heterocycles. The molecule has 154 valence electrons. The molecule has 0 atom stereocenters. The molecule has 0 spiro atoms. The number of benzene rings is 2. The monoisotopic (exact) mass is 414 g/mol. The van der Waals surface area contributed by atoms with Gasteiger partial charge in [-0.05, 0) is 37.7 Å². The first kappa shape index (κ1) is 21.4. The fourth-order valence-corrected chi connectivity index (χ4v) is 3.59. The van der Waals surface area contributed by atoms with Crippen molar-refractivity contribution in [2.75, 3.05) is 6.26 Å². The van der Waals surface area contributed by atoms with E-state index >= 15 is 0 Å². The van der Waals surface area contributed by atoms with E-state index in [1.165, 1.54) is 30.9 Å². The molecule has 1 saturated carbocycles. The van der Waals surface area contributed by atoms with Gasteiger partial charge >= 0.3 is 0 Å². The summed E-state index contributed by atoms with van der Waals surface area (Å²) in [4.78, 5) is 4.54. The highest BCUT2D eigenvalue weighted by Gasteiger charge is 2.22. The van der Waals surface area contributed by atoms with Crippen molar-refractivity contribution in [3.05, 3.63) is 71.7 Å². The molecular formula is C23H27FN2O2S. The smallest absolute Gasteiger partial charge is 0.197 e. The molecule has 0 amide bonds. The van der Waals surface area contributed by atoms with Gasteiger partial charge in [-0.1, -0.05) is 66.8 Å². The molecule has 4 nitrogen and oxygen atoms in total. The van der Waals surface area contributed by atoms with Crippen LogP contribution >= 0.6 is 11.9 Å². The Hall–Kier alpha value is -2.31. The number of hydrogen-bond donors (Lipinski definition) is 1. The number of ether oxygens (including phenoxy) is 1. The van der Waals surface area contributed by atoms with Crippen LogP contribution in [0, 0.1) is 12.7 Å². The van der Waals surface area contributed by atoms with Crippen molar-refractivity contribution in [1.82, 2.24) is 4.98 Å². The van der Waals surface area contributed by atoms with Crippen LogP contribution in [0.4, 0.5) is 4.39 Å². The van der Waals surface area contributed by atoms with E-state index in [4.69, 9.17) is 14.3 Å². The lowest BCUT2D eigenvalue weighted by atomic mass is 10.0. The first-order valence-electron chi connectivity index (χ1n) is 9.78. The minimum Gasteiger partial charge on any atom is -0.483 e. The van der Waals surface area contributed by atoms with Crippen LogP contribution in [0.2, 0.25) is 0 Å². The number of nitrogens with zero attached hydrogens (tertiary/aromatic N) is 1. The minimum absolute atomic E-state index is 0.190. The number of hydrogen-bond acceptors (Lipinski definition) is 5. The molecule has 0 saturated heterocycles. The zero-order chi connectivity index (χ0) is 20.6. The molecule has 1 aromatic heterocycles. The summed E-state index contributed by atoms with van der Waals surface area (Å²) in [5.41, 5.74) is 3.50. The van der Waals surface area contributed by atoms with E-state index in [-0.39, 0.29) is 18.2 Å². The van der Waals surface area contributed by atoms with Crippen LogP contribution in [-0.4, -0.2) is 11.2 Å². The highest BCUT2D eigenvalue weighted by Crippen LogP contribution is 2.35. The molecule has 1 heterocycles. The number of oxazole rings is 1. The van der Waals surface area contributed by atoms with Gasteiger partial charge in [-0.2, -0.15) is 0 Å². The highest BCUT2D eigenvalue weighted by molar-refractivity contribution is 7.96. The molecule has 4 rings (SSSR count). The molecule has 1 fully saturated rings. The van der Waals surface area contributed by atoms with Gasteiger partial charge in [0.25, 0.3) is 0 Å². The van der Waals surface area contributed by atoms with Crippen molar-refractivity contribution in [3.8, 4) is 16.9 Å². The van der Waals surface area contributed by atoms with Gasteiger partial charge in [0.1, 0.15) is 18.6 Å². The maximum Gasteiger partial charge on any atom is 0.197 e. The van der Waals surface area contributed by atoms with Crippen LogP contribution in [0.5, 0.6) is 5.75 Å². The molecular weight excluding hydrogens is 387 g/mol. The third kappa shape index (κ3) is 5.61. The van der Waals surface area contributed by atoms with Gasteiger partial charge in [0.05, 0.1) is 0 Å². The van der Waals surface area contributed by atoms with E-state index in [1.54, 1.807) is 12.3 Å². The summed E-state index contributed by atoms with van der Waals surface area (Å²) in [7, 11) is 0. The number of aryl methyl sites for hydroxylation is 1. The lowest BCUT2D eigenvalue weighted by Crippen LogP contribution is -2.01. The third-order valence-electron chi connectivity index (χ3n) is 4.93. The van der Waals surface area contributed by atoms with Crippen molar-refractivity contribution in [2.45, 2.75) is 45.1 Å². The van der Waals surface area contributed by atoms with Gasteiger partial charge in [-0.25, -0.2) is 9.37 Å². The largest absolute Gasteiger partial charge is 0.483 e. The van der Waals surface area contributed by atoms with Crippen LogP contribution in [0.3, 0.4) is 0 Å². The molecule has 0 bridgehead atoms. The third-order valence-corrected chi connectivity index (χ3v) is 4.93. The van der Waals surface area contributed by atoms with E-state index in [1.807, 2.05) is 43.5 Å².